The van der Waals surface area contributed by atoms with Gasteiger partial charge >= 0.3 is 0 Å². The zero-order valence-corrected chi connectivity index (χ0v) is 31.0. The summed E-state index contributed by atoms with van der Waals surface area (Å²) in [5.74, 6) is 1.93. The maximum atomic E-state index is 5.26. The average molecular weight is 733 g/mol. The Morgan fingerprint density at radius 2 is 0.857 bits per heavy atom. The van der Waals surface area contributed by atoms with Crippen LogP contribution < -0.4 is 0 Å². The normalized spacial score (nSPS) is 11.6. The second kappa shape index (κ2) is 13.3. The first-order chi connectivity index (χ1) is 27.8. The van der Waals surface area contributed by atoms with Crippen LogP contribution in [-0.2, 0) is 0 Å². The molecular weight excluding hydrogens is 701 g/mol. The van der Waals surface area contributed by atoms with E-state index in [-0.39, 0.29) is 0 Å². The van der Waals surface area contributed by atoms with Crippen LogP contribution >= 0.6 is 11.3 Å². The molecule has 0 aliphatic heterocycles. The molecule has 0 saturated heterocycles. The lowest BCUT2D eigenvalue weighted by atomic mass is 10.0. The predicted molar refractivity (Wildman–Crippen MR) is 234 cm³/mol. The van der Waals surface area contributed by atoms with E-state index >= 15 is 0 Å². The van der Waals surface area contributed by atoms with Crippen molar-refractivity contribution in [1.82, 2.24) is 19.5 Å². The van der Waals surface area contributed by atoms with Gasteiger partial charge in [-0.1, -0.05) is 164 Å². The number of fused-ring (bicyclic) bond motifs is 7. The van der Waals surface area contributed by atoms with Crippen molar-refractivity contribution < 1.29 is 0 Å². The molecule has 0 radical (unpaired) electrons. The van der Waals surface area contributed by atoms with Gasteiger partial charge in [0.05, 0.1) is 15.7 Å². The van der Waals surface area contributed by atoms with E-state index in [2.05, 4.69) is 187 Å². The van der Waals surface area contributed by atoms with Gasteiger partial charge in [-0.05, 0) is 52.6 Å². The molecule has 0 amide bonds. The van der Waals surface area contributed by atoms with E-state index in [0.29, 0.717) is 17.5 Å². The number of aromatic nitrogens is 4. The Balaban J connectivity index is 1.14. The van der Waals surface area contributed by atoms with Crippen LogP contribution in [0.3, 0.4) is 0 Å². The fraction of sp³-hybridized carbons (Fsp3) is 0. The second-order valence-corrected chi connectivity index (χ2v) is 15.0. The number of hydrogen-bond acceptors (Lipinski definition) is 4. The third-order valence-corrected chi connectivity index (χ3v) is 11.9. The highest BCUT2D eigenvalue weighted by atomic mass is 32.1. The van der Waals surface area contributed by atoms with Crippen LogP contribution in [-0.4, -0.2) is 19.5 Å². The number of benzene rings is 8. The molecule has 0 atom stereocenters. The quantitative estimate of drug-likeness (QED) is 0.171. The fourth-order valence-electron chi connectivity index (χ4n) is 7.99. The van der Waals surface area contributed by atoms with Gasteiger partial charge in [-0.15, -0.1) is 11.3 Å². The summed E-state index contributed by atoms with van der Waals surface area (Å²) in [6.45, 7) is 0. The van der Waals surface area contributed by atoms with Gasteiger partial charge in [0.2, 0.25) is 0 Å². The minimum atomic E-state index is 0.638. The minimum Gasteiger partial charge on any atom is -0.308 e. The first-order valence-electron chi connectivity index (χ1n) is 18.8. The standard InChI is InChI=1S/C51H32N4S/c1-4-14-33(15-5-1)35-26-28-36(29-27-35)49-52-50(38-19-12-18-37(32-38)34-16-6-2-7-17-34)54-51(53-49)44-24-13-23-42-43-31-30-41-40-22-10-11-25-45(40)55(39-20-8-3-9-21-39)46(41)48(43)56-47(42)44/h1-32H. The molecule has 3 heterocycles. The first kappa shape index (κ1) is 32.2. The van der Waals surface area contributed by atoms with Crippen molar-refractivity contribution in [3.63, 3.8) is 0 Å². The fourth-order valence-corrected chi connectivity index (χ4v) is 9.34. The number of thiophene rings is 1. The maximum absolute atomic E-state index is 5.26. The van der Waals surface area contributed by atoms with E-state index in [0.717, 1.165) is 43.8 Å². The molecule has 0 unspecified atom stereocenters. The molecule has 11 rings (SSSR count). The van der Waals surface area contributed by atoms with Gasteiger partial charge in [-0.2, -0.15) is 0 Å². The predicted octanol–water partition coefficient (Wildman–Crippen LogP) is 13.7. The lowest BCUT2D eigenvalue weighted by Crippen LogP contribution is -2.00. The van der Waals surface area contributed by atoms with E-state index in [4.69, 9.17) is 15.0 Å². The number of hydrogen-bond donors (Lipinski definition) is 0. The van der Waals surface area contributed by atoms with Crippen molar-refractivity contribution in [2.24, 2.45) is 0 Å². The van der Waals surface area contributed by atoms with Crippen LogP contribution in [0.5, 0.6) is 0 Å². The summed E-state index contributed by atoms with van der Waals surface area (Å²) in [5, 5.41) is 4.90. The molecule has 56 heavy (non-hydrogen) atoms. The molecule has 0 saturated carbocycles. The molecule has 0 fully saturated rings. The smallest absolute Gasteiger partial charge is 0.165 e. The molecule has 5 heteroatoms. The van der Waals surface area contributed by atoms with Gasteiger partial charge in [0, 0.05) is 48.6 Å². The Bertz CT molecular complexity index is 3220. The summed E-state index contributed by atoms with van der Waals surface area (Å²) in [6, 6.07) is 68.4. The summed E-state index contributed by atoms with van der Waals surface area (Å²) in [6.07, 6.45) is 0. The van der Waals surface area contributed by atoms with Crippen molar-refractivity contribution in [1.29, 1.82) is 0 Å². The molecule has 3 aromatic heterocycles. The van der Waals surface area contributed by atoms with Gasteiger partial charge < -0.3 is 4.57 Å². The molecular formula is C51H32N4S. The molecule has 11 aromatic rings. The van der Waals surface area contributed by atoms with Crippen LogP contribution in [0.1, 0.15) is 0 Å². The molecule has 0 N–H and O–H groups in total. The highest BCUT2D eigenvalue weighted by molar-refractivity contribution is 7.27. The van der Waals surface area contributed by atoms with Gasteiger partial charge in [-0.25, -0.2) is 15.0 Å². The topological polar surface area (TPSA) is 43.6 Å². The first-order valence-corrected chi connectivity index (χ1v) is 19.6. The Kier molecular flexibility index (Phi) is 7.64. The summed E-state index contributed by atoms with van der Waals surface area (Å²) in [7, 11) is 0. The van der Waals surface area contributed by atoms with Crippen molar-refractivity contribution in [2.45, 2.75) is 0 Å². The molecule has 0 aliphatic carbocycles. The summed E-state index contributed by atoms with van der Waals surface area (Å²) < 4.78 is 4.81. The van der Waals surface area contributed by atoms with Gasteiger partial charge in [0.15, 0.2) is 17.5 Å². The Morgan fingerprint density at radius 3 is 1.62 bits per heavy atom. The average Bonchev–Trinajstić information content (AvgIpc) is 3.84. The maximum Gasteiger partial charge on any atom is 0.165 e. The number of para-hydroxylation sites is 2. The van der Waals surface area contributed by atoms with Gasteiger partial charge in [-0.3, -0.25) is 0 Å². The molecule has 8 aromatic carbocycles. The lowest BCUT2D eigenvalue weighted by molar-refractivity contribution is 1.08. The Hall–Kier alpha value is -7.21. The Morgan fingerprint density at radius 1 is 0.339 bits per heavy atom. The Labute approximate surface area is 327 Å². The van der Waals surface area contributed by atoms with Crippen LogP contribution in [0.15, 0.2) is 194 Å². The van der Waals surface area contributed by atoms with Crippen LogP contribution in [0, 0.1) is 0 Å². The summed E-state index contributed by atoms with van der Waals surface area (Å²) in [5.41, 5.74) is 11.0. The molecule has 0 aliphatic rings. The number of nitrogens with zero attached hydrogens (tertiary/aromatic N) is 4. The van der Waals surface area contributed by atoms with E-state index in [1.165, 1.54) is 42.8 Å². The van der Waals surface area contributed by atoms with Crippen LogP contribution in [0.25, 0.3) is 104 Å². The second-order valence-electron chi connectivity index (χ2n) is 14.0. The third kappa shape index (κ3) is 5.40. The van der Waals surface area contributed by atoms with E-state index in [9.17, 15) is 0 Å². The van der Waals surface area contributed by atoms with Crippen molar-refractivity contribution in [3.05, 3.63) is 194 Å². The molecule has 4 nitrogen and oxygen atoms in total. The summed E-state index contributed by atoms with van der Waals surface area (Å²) in [4.78, 5) is 15.7. The molecule has 0 bridgehead atoms. The summed E-state index contributed by atoms with van der Waals surface area (Å²) >= 11 is 1.82. The lowest BCUT2D eigenvalue weighted by Gasteiger charge is -2.11. The largest absolute Gasteiger partial charge is 0.308 e. The molecule has 262 valence electrons. The van der Waals surface area contributed by atoms with E-state index in [1.54, 1.807) is 0 Å². The monoisotopic (exact) mass is 732 g/mol. The van der Waals surface area contributed by atoms with Crippen molar-refractivity contribution >= 4 is 53.3 Å². The van der Waals surface area contributed by atoms with Crippen LogP contribution in [0.4, 0.5) is 0 Å². The van der Waals surface area contributed by atoms with Crippen molar-refractivity contribution in [3.8, 4) is 62.1 Å². The zero-order valence-electron chi connectivity index (χ0n) is 30.2. The highest BCUT2D eigenvalue weighted by Crippen LogP contribution is 2.45. The SMILES string of the molecule is c1ccc(-c2ccc(-c3nc(-c4cccc(-c5ccccc5)c4)nc(-c4cccc5c4sc4c5ccc5c6ccccc6n(-c6ccccc6)c54)n3)cc2)cc1. The molecule has 0 spiro atoms. The number of rotatable bonds is 6. The zero-order chi connectivity index (χ0) is 37.0. The van der Waals surface area contributed by atoms with Crippen LogP contribution in [0.2, 0.25) is 0 Å². The van der Waals surface area contributed by atoms with Crippen molar-refractivity contribution in [2.75, 3.05) is 0 Å². The van der Waals surface area contributed by atoms with Gasteiger partial charge in [0.25, 0.3) is 0 Å². The highest BCUT2D eigenvalue weighted by Gasteiger charge is 2.21. The van der Waals surface area contributed by atoms with Gasteiger partial charge in [0.1, 0.15) is 0 Å². The minimum absolute atomic E-state index is 0.638. The third-order valence-electron chi connectivity index (χ3n) is 10.7. The van der Waals surface area contributed by atoms with E-state index < -0.39 is 0 Å². The van der Waals surface area contributed by atoms with E-state index in [1.807, 2.05) is 23.5 Å².